The molecule has 2 heterocycles. The van der Waals surface area contributed by atoms with Gasteiger partial charge in [0.25, 0.3) is 0 Å². The Hall–Kier alpha value is -2.04. The molecule has 0 amide bonds. The first-order chi connectivity index (χ1) is 11.8. The Balaban J connectivity index is 2.59. The highest BCUT2D eigenvalue weighted by molar-refractivity contribution is 6.30. The van der Waals surface area contributed by atoms with E-state index >= 15 is 0 Å². The molecular weight excluding hydrogens is 338 g/mol. The van der Waals surface area contributed by atoms with Crippen molar-refractivity contribution in [3.05, 3.63) is 39.6 Å². The van der Waals surface area contributed by atoms with Crippen LogP contribution in [-0.4, -0.2) is 16.1 Å². The summed E-state index contributed by atoms with van der Waals surface area (Å²) in [5, 5.41) is 5.98. The van der Waals surface area contributed by atoms with Crippen LogP contribution in [0.3, 0.4) is 0 Å². The third-order valence-corrected chi connectivity index (χ3v) is 4.56. The third-order valence-electron chi connectivity index (χ3n) is 4.35. The molecule has 2 rings (SSSR count). The van der Waals surface area contributed by atoms with Crippen molar-refractivity contribution in [3.8, 4) is 5.88 Å². The summed E-state index contributed by atoms with van der Waals surface area (Å²) in [5.41, 5.74) is 9.05. The number of halogens is 1. The number of rotatable bonds is 7. The predicted octanol–water partition coefficient (Wildman–Crippen LogP) is 6.03. The fourth-order valence-electron chi connectivity index (χ4n) is 2.92. The highest BCUT2D eigenvalue weighted by Crippen LogP contribution is 2.37. The zero-order valence-corrected chi connectivity index (χ0v) is 16.1. The van der Waals surface area contributed by atoms with Gasteiger partial charge in [0.1, 0.15) is 5.15 Å². The van der Waals surface area contributed by atoms with E-state index in [1.807, 2.05) is 20.8 Å². The summed E-state index contributed by atoms with van der Waals surface area (Å²) in [6.45, 7) is 10.2. The lowest BCUT2D eigenvalue weighted by molar-refractivity contribution is 0.188. The molecule has 25 heavy (non-hydrogen) atoms. The van der Waals surface area contributed by atoms with Crippen LogP contribution in [0, 0.1) is 5.92 Å². The molecule has 134 valence electrons. The van der Waals surface area contributed by atoms with Crippen LogP contribution >= 0.6 is 11.6 Å². The number of nitrogens with zero attached hydrogens (tertiary/aromatic N) is 5. The minimum atomic E-state index is -0.716. The van der Waals surface area contributed by atoms with Gasteiger partial charge >= 0.3 is 0 Å². The second-order valence-electron chi connectivity index (χ2n) is 6.90. The number of fused-ring (bicyclic) bond motifs is 1. The molecule has 2 atom stereocenters. The summed E-state index contributed by atoms with van der Waals surface area (Å²) in [5.74, 6) is 1.05. The third kappa shape index (κ3) is 4.33. The SMILES string of the molecule is CC[C@@](C)(N=[N+]=[N-])c1cnc(OC(C)CC(C)C)c2cnc(Cl)cc12. The molecule has 2 aromatic rings. The van der Waals surface area contributed by atoms with Gasteiger partial charge in [-0.05, 0) is 55.2 Å². The van der Waals surface area contributed by atoms with E-state index in [1.54, 1.807) is 18.5 Å². The van der Waals surface area contributed by atoms with Crippen molar-refractivity contribution in [3.63, 3.8) is 0 Å². The average Bonchev–Trinajstić information content (AvgIpc) is 2.54. The number of hydrogen-bond donors (Lipinski definition) is 0. The van der Waals surface area contributed by atoms with E-state index in [0.717, 1.165) is 22.8 Å². The molecule has 2 aromatic heterocycles. The molecule has 0 fully saturated rings. The van der Waals surface area contributed by atoms with Gasteiger partial charge in [-0.15, -0.1) is 0 Å². The molecule has 0 radical (unpaired) electrons. The average molecular weight is 362 g/mol. The maximum Gasteiger partial charge on any atom is 0.223 e. The minimum absolute atomic E-state index is 0.0342. The zero-order chi connectivity index (χ0) is 18.6. The number of azide groups is 1. The van der Waals surface area contributed by atoms with E-state index in [1.165, 1.54) is 0 Å². The topological polar surface area (TPSA) is 83.8 Å². The summed E-state index contributed by atoms with van der Waals surface area (Å²) in [6, 6.07) is 1.77. The minimum Gasteiger partial charge on any atom is -0.474 e. The van der Waals surface area contributed by atoms with Crippen molar-refractivity contribution < 1.29 is 4.74 Å². The molecule has 0 aliphatic carbocycles. The predicted molar refractivity (Wildman–Crippen MR) is 101 cm³/mol. The fourth-order valence-corrected chi connectivity index (χ4v) is 3.08. The lowest BCUT2D eigenvalue weighted by Gasteiger charge is -2.25. The maximum atomic E-state index is 8.95. The molecule has 0 bridgehead atoms. The summed E-state index contributed by atoms with van der Waals surface area (Å²) in [6.07, 6.45) is 4.98. The Bertz CT molecular complexity index is 803. The summed E-state index contributed by atoms with van der Waals surface area (Å²) >= 11 is 6.11. The van der Waals surface area contributed by atoms with Crippen molar-refractivity contribution in [2.24, 2.45) is 11.0 Å². The molecule has 0 N–H and O–H groups in total. The maximum absolute atomic E-state index is 8.95. The molecule has 1 unspecified atom stereocenters. The van der Waals surface area contributed by atoms with Gasteiger partial charge in [0.2, 0.25) is 5.88 Å². The first-order valence-electron chi connectivity index (χ1n) is 8.48. The fraction of sp³-hybridized carbons (Fsp3) is 0.556. The molecule has 0 saturated carbocycles. The smallest absolute Gasteiger partial charge is 0.223 e. The highest BCUT2D eigenvalue weighted by atomic mass is 35.5. The van der Waals surface area contributed by atoms with Crippen molar-refractivity contribution >= 4 is 22.4 Å². The van der Waals surface area contributed by atoms with Crippen LogP contribution in [0.4, 0.5) is 0 Å². The number of hydrogen-bond acceptors (Lipinski definition) is 4. The van der Waals surface area contributed by atoms with E-state index in [-0.39, 0.29) is 6.10 Å². The lowest BCUT2D eigenvalue weighted by atomic mass is 9.88. The second-order valence-corrected chi connectivity index (χ2v) is 7.29. The molecule has 0 spiro atoms. The summed E-state index contributed by atoms with van der Waals surface area (Å²) in [7, 11) is 0. The van der Waals surface area contributed by atoms with Crippen molar-refractivity contribution in [2.75, 3.05) is 0 Å². The molecule has 0 aromatic carbocycles. The largest absolute Gasteiger partial charge is 0.474 e. The van der Waals surface area contributed by atoms with Crippen LogP contribution in [0.1, 0.15) is 53.0 Å². The van der Waals surface area contributed by atoms with Gasteiger partial charge in [-0.3, -0.25) is 0 Å². The van der Waals surface area contributed by atoms with Crippen LogP contribution in [-0.2, 0) is 5.54 Å². The number of pyridine rings is 2. The first kappa shape index (κ1) is 19.3. The van der Waals surface area contributed by atoms with E-state index < -0.39 is 5.54 Å². The van der Waals surface area contributed by atoms with Crippen molar-refractivity contribution in [1.29, 1.82) is 0 Å². The quantitative estimate of drug-likeness (QED) is 0.261. The molecule has 0 aliphatic heterocycles. The highest BCUT2D eigenvalue weighted by Gasteiger charge is 2.27. The second kappa shape index (κ2) is 7.89. The lowest BCUT2D eigenvalue weighted by Crippen LogP contribution is -2.19. The summed E-state index contributed by atoms with van der Waals surface area (Å²) in [4.78, 5) is 11.7. The molecule has 0 saturated heterocycles. The Labute approximate surface area is 153 Å². The van der Waals surface area contributed by atoms with Crippen molar-refractivity contribution in [1.82, 2.24) is 9.97 Å². The van der Waals surface area contributed by atoms with Gasteiger partial charge in [0.15, 0.2) is 0 Å². The molecule has 0 aliphatic rings. The van der Waals surface area contributed by atoms with Gasteiger partial charge < -0.3 is 4.74 Å². The normalized spacial score (nSPS) is 14.8. The van der Waals surface area contributed by atoms with Crippen LogP contribution in [0.2, 0.25) is 5.15 Å². The van der Waals surface area contributed by atoms with Crippen LogP contribution in [0.15, 0.2) is 23.6 Å². The van der Waals surface area contributed by atoms with Crippen LogP contribution in [0.5, 0.6) is 5.88 Å². The Morgan fingerprint density at radius 3 is 2.60 bits per heavy atom. The van der Waals surface area contributed by atoms with E-state index in [9.17, 15) is 0 Å². The molecule has 6 nitrogen and oxygen atoms in total. The van der Waals surface area contributed by atoms with E-state index in [0.29, 0.717) is 23.4 Å². The van der Waals surface area contributed by atoms with Gasteiger partial charge in [0, 0.05) is 17.3 Å². The monoisotopic (exact) mass is 361 g/mol. The van der Waals surface area contributed by atoms with Gasteiger partial charge in [-0.2, -0.15) is 0 Å². The number of aromatic nitrogens is 2. The Kier molecular flexibility index (Phi) is 6.09. The van der Waals surface area contributed by atoms with Crippen LogP contribution < -0.4 is 4.74 Å². The zero-order valence-electron chi connectivity index (χ0n) is 15.3. The summed E-state index contributed by atoms with van der Waals surface area (Å²) < 4.78 is 6.04. The van der Waals surface area contributed by atoms with Gasteiger partial charge in [-0.1, -0.05) is 37.5 Å². The molecular formula is C18H24ClN5O. The van der Waals surface area contributed by atoms with E-state index in [4.69, 9.17) is 21.9 Å². The standard InChI is InChI=1S/C18H24ClN5O/c1-6-18(5,23-24-20)15-10-22-17(25-12(4)7-11(2)3)14-9-21-16(19)8-13(14)15/h8-12H,6-7H2,1-5H3/t12?,18-/m1/s1. The van der Waals surface area contributed by atoms with Gasteiger partial charge in [-0.25, -0.2) is 9.97 Å². The van der Waals surface area contributed by atoms with Gasteiger partial charge in [0.05, 0.1) is 17.0 Å². The number of ether oxygens (including phenoxy) is 1. The van der Waals surface area contributed by atoms with Crippen molar-refractivity contribution in [2.45, 2.75) is 59.1 Å². The van der Waals surface area contributed by atoms with E-state index in [2.05, 4.69) is 33.8 Å². The Morgan fingerprint density at radius 1 is 1.28 bits per heavy atom. The Morgan fingerprint density at radius 2 is 2.00 bits per heavy atom. The van der Waals surface area contributed by atoms with Crippen LogP contribution in [0.25, 0.3) is 21.2 Å². The molecule has 7 heteroatoms. The first-order valence-corrected chi connectivity index (χ1v) is 8.86.